The second kappa shape index (κ2) is 5.71. The van der Waals surface area contributed by atoms with E-state index in [2.05, 4.69) is 4.72 Å². The number of nitrogens with two attached hydrogens (primary N) is 1. The number of sulfonamides is 1. The lowest BCUT2D eigenvalue weighted by molar-refractivity contribution is 0.486. The van der Waals surface area contributed by atoms with Crippen LogP contribution in [0, 0.1) is 0 Å². The van der Waals surface area contributed by atoms with Crippen LogP contribution in [0.5, 0.6) is 0 Å². The molecule has 0 saturated heterocycles. The highest BCUT2D eigenvalue weighted by Crippen LogP contribution is 2.26. The molecule has 18 heavy (non-hydrogen) atoms. The molecule has 0 radical (unpaired) electrons. The molecule has 5 heteroatoms. The van der Waals surface area contributed by atoms with Crippen molar-refractivity contribution in [2.75, 3.05) is 4.72 Å². The summed E-state index contributed by atoms with van der Waals surface area (Å²) >= 11 is 0. The molecular weight excluding hydrogens is 248 g/mol. The van der Waals surface area contributed by atoms with Crippen molar-refractivity contribution in [2.45, 2.75) is 43.9 Å². The van der Waals surface area contributed by atoms with Crippen molar-refractivity contribution in [2.24, 2.45) is 5.73 Å². The summed E-state index contributed by atoms with van der Waals surface area (Å²) in [4.78, 5) is 0. The van der Waals surface area contributed by atoms with Gasteiger partial charge in [0.15, 0.2) is 0 Å². The van der Waals surface area contributed by atoms with Gasteiger partial charge < -0.3 is 5.73 Å². The number of anilines is 1. The molecule has 0 aliphatic heterocycles. The predicted octanol–water partition coefficient (Wildman–Crippen LogP) is 2.22. The van der Waals surface area contributed by atoms with Gasteiger partial charge in [-0.3, -0.25) is 4.72 Å². The summed E-state index contributed by atoms with van der Waals surface area (Å²) < 4.78 is 27.2. The Kier molecular flexibility index (Phi) is 4.24. The lowest BCUT2D eigenvalue weighted by Gasteiger charge is -2.23. The first-order valence-electron chi connectivity index (χ1n) is 6.43. The fourth-order valence-electron chi connectivity index (χ4n) is 2.41. The van der Waals surface area contributed by atoms with E-state index in [1.807, 2.05) is 18.2 Å². The number of nitrogens with one attached hydrogen (secondary N) is 1. The van der Waals surface area contributed by atoms with Crippen LogP contribution in [0.4, 0.5) is 5.69 Å². The maximum absolute atomic E-state index is 12.3. The normalized spacial score (nSPS) is 17.6. The van der Waals surface area contributed by atoms with Gasteiger partial charge in [0.1, 0.15) is 0 Å². The first-order chi connectivity index (χ1) is 8.63. The Morgan fingerprint density at radius 2 is 1.83 bits per heavy atom. The number of rotatable bonds is 4. The quantitative estimate of drug-likeness (QED) is 0.879. The van der Waals surface area contributed by atoms with Crippen LogP contribution in [0.25, 0.3) is 0 Å². The van der Waals surface area contributed by atoms with E-state index < -0.39 is 10.0 Å². The van der Waals surface area contributed by atoms with Crippen LogP contribution in [-0.2, 0) is 16.6 Å². The van der Waals surface area contributed by atoms with Gasteiger partial charge in [0.2, 0.25) is 10.0 Å². The van der Waals surface area contributed by atoms with Crippen molar-refractivity contribution < 1.29 is 8.42 Å². The van der Waals surface area contributed by atoms with Crippen LogP contribution in [0.15, 0.2) is 24.3 Å². The third-order valence-corrected chi connectivity index (χ3v) is 5.33. The molecule has 0 heterocycles. The molecule has 4 nitrogen and oxygen atoms in total. The molecular formula is C13H20N2O2S. The summed E-state index contributed by atoms with van der Waals surface area (Å²) in [6.45, 7) is 0.337. The predicted molar refractivity (Wildman–Crippen MR) is 73.7 cm³/mol. The Bertz CT molecular complexity index is 493. The Balaban J connectivity index is 2.16. The molecule has 1 aliphatic carbocycles. The van der Waals surface area contributed by atoms with Gasteiger partial charge in [-0.05, 0) is 24.5 Å². The van der Waals surface area contributed by atoms with Crippen LogP contribution in [-0.4, -0.2) is 13.7 Å². The molecule has 1 aromatic carbocycles. The van der Waals surface area contributed by atoms with Gasteiger partial charge >= 0.3 is 0 Å². The van der Waals surface area contributed by atoms with E-state index >= 15 is 0 Å². The van der Waals surface area contributed by atoms with E-state index in [-0.39, 0.29) is 5.25 Å². The van der Waals surface area contributed by atoms with Gasteiger partial charge in [0.05, 0.1) is 10.9 Å². The van der Waals surface area contributed by atoms with Crippen molar-refractivity contribution in [1.82, 2.24) is 0 Å². The lowest BCUT2D eigenvalue weighted by Crippen LogP contribution is -2.30. The smallest absolute Gasteiger partial charge is 0.235 e. The number of hydrogen-bond acceptors (Lipinski definition) is 3. The minimum atomic E-state index is -3.27. The molecule has 3 N–H and O–H groups in total. The topological polar surface area (TPSA) is 72.2 Å². The van der Waals surface area contributed by atoms with Gasteiger partial charge in [-0.1, -0.05) is 37.5 Å². The third-order valence-electron chi connectivity index (χ3n) is 3.48. The maximum Gasteiger partial charge on any atom is 0.235 e. The Morgan fingerprint density at radius 3 is 2.50 bits per heavy atom. The minimum Gasteiger partial charge on any atom is -0.326 e. The molecule has 1 aliphatic rings. The highest BCUT2D eigenvalue weighted by atomic mass is 32.2. The van der Waals surface area contributed by atoms with Crippen LogP contribution in [0.2, 0.25) is 0 Å². The first-order valence-corrected chi connectivity index (χ1v) is 7.98. The molecule has 0 bridgehead atoms. The summed E-state index contributed by atoms with van der Waals surface area (Å²) in [7, 11) is -3.27. The molecule has 0 spiro atoms. The third kappa shape index (κ3) is 3.03. The van der Waals surface area contributed by atoms with Crippen LogP contribution in [0.1, 0.15) is 37.7 Å². The first kappa shape index (κ1) is 13.4. The van der Waals surface area contributed by atoms with E-state index in [0.29, 0.717) is 12.2 Å². The SMILES string of the molecule is NCc1ccccc1NS(=O)(=O)C1CCCCC1. The molecule has 1 aromatic rings. The van der Waals surface area contributed by atoms with E-state index in [1.54, 1.807) is 6.07 Å². The summed E-state index contributed by atoms with van der Waals surface area (Å²) in [6, 6.07) is 7.29. The monoisotopic (exact) mass is 268 g/mol. The fourth-order valence-corrected chi connectivity index (χ4v) is 4.04. The van der Waals surface area contributed by atoms with Crippen LogP contribution >= 0.6 is 0 Å². The second-order valence-electron chi connectivity index (χ2n) is 4.77. The lowest BCUT2D eigenvalue weighted by atomic mass is 10.0. The highest BCUT2D eigenvalue weighted by molar-refractivity contribution is 7.93. The molecule has 2 rings (SSSR count). The average Bonchev–Trinajstić information content (AvgIpc) is 2.40. The van der Waals surface area contributed by atoms with Crippen LogP contribution in [0.3, 0.4) is 0 Å². The number of hydrogen-bond donors (Lipinski definition) is 2. The van der Waals surface area contributed by atoms with E-state index in [0.717, 1.165) is 37.7 Å². The number of para-hydroxylation sites is 1. The zero-order chi connectivity index (χ0) is 13.0. The fraction of sp³-hybridized carbons (Fsp3) is 0.538. The largest absolute Gasteiger partial charge is 0.326 e. The van der Waals surface area contributed by atoms with Crippen molar-refractivity contribution >= 4 is 15.7 Å². The standard InChI is InChI=1S/C13H20N2O2S/c14-10-11-6-4-5-9-13(11)15-18(16,17)12-7-2-1-3-8-12/h4-6,9,12,15H,1-3,7-8,10,14H2. The van der Waals surface area contributed by atoms with E-state index in [1.165, 1.54) is 0 Å². The number of benzene rings is 1. The molecule has 1 fully saturated rings. The second-order valence-corrected chi connectivity index (χ2v) is 6.73. The minimum absolute atomic E-state index is 0.253. The molecule has 0 aromatic heterocycles. The summed E-state index contributed by atoms with van der Waals surface area (Å²) in [5.41, 5.74) is 7.06. The summed E-state index contributed by atoms with van der Waals surface area (Å²) in [5, 5.41) is -0.253. The van der Waals surface area contributed by atoms with Crippen molar-refractivity contribution in [1.29, 1.82) is 0 Å². The zero-order valence-electron chi connectivity index (χ0n) is 10.4. The summed E-state index contributed by atoms with van der Waals surface area (Å²) in [6.07, 6.45) is 4.68. The average molecular weight is 268 g/mol. The molecule has 1 saturated carbocycles. The van der Waals surface area contributed by atoms with Gasteiger partial charge in [0, 0.05) is 6.54 Å². The van der Waals surface area contributed by atoms with Crippen LogP contribution < -0.4 is 10.5 Å². The van der Waals surface area contributed by atoms with Crippen molar-refractivity contribution in [3.8, 4) is 0 Å². The molecule has 0 atom stereocenters. The molecule has 0 unspecified atom stereocenters. The van der Waals surface area contributed by atoms with Gasteiger partial charge in [-0.25, -0.2) is 8.42 Å². The van der Waals surface area contributed by atoms with E-state index in [4.69, 9.17) is 5.73 Å². The Morgan fingerprint density at radius 1 is 1.17 bits per heavy atom. The van der Waals surface area contributed by atoms with Gasteiger partial charge in [0.25, 0.3) is 0 Å². The molecule has 100 valence electrons. The van der Waals surface area contributed by atoms with Gasteiger partial charge in [-0.15, -0.1) is 0 Å². The zero-order valence-corrected chi connectivity index (χ0v) is 11.2. The van der Waals surface area contributed by atoms with E-state index in [9.17, 15) is 8.42 Å². The Labute approximate surface area is 109 Å². The molecule has 0 amide bonds. The highest BCUT2D eigenvalue weighted by Gasteiger charge is 2.27. The maximum atomic E-state index is 12.3. The summed E-state index contributed by atoms with van der Waals surface area (Å²) in [5.74, 6) is 0. The van der Waals surface area contributed by atoms with Gasteiger partial charge in [-0.2, -0.15) is 0 Å². The van der Waals surface area contributed by atoms with Crippen molar-refractivity contribution in [3.63, 3.8) is 0 Å². The Hall–Kier alpha value is -1.07. The van der Waals surface area contributed by atoms with Crippen molar-refractivity contribution in [3.05, 3.63) is 29.8 Å².